The van der Waals surface area contributed by atoms with Crippen LogP contribution in [0.4, 0.5) is 5.69 Å². The Balaban J connectivity index is 2.40. The van der Waals surface area contributed by atoms with Crippen molar-refractivity contribution in [3.8, 4) is 0 Å². The molecule has 2 rings (SSSR count). The number of hydrogen-bond donors (Lipinski definition) is 1. The molecule has 0 aliphatic heterocycles. The molecule has 0 saturated carbocycles. The lowest BCUT2D eigenvalue weighted by molar-refractivity contribution is 0.469. The Morgan fingerprint density at radius 3 is 2.40 bits per heavy atom. The monoisotopic (exact) mass is 438 g/mol. The predicted octanol–water partition coefficient (Wildman–Crippen LogP) is 3.68. The summed E-state index contributed by atoms with van der Waals surface area (Å²) >= 11 is 8.06. The fourth-order valence-electron chi connectivity index (χ4n) is 1.69. The Kier molecular flexibility index (Phi) is 4.91. The van der Waals surface area contributed by atoms with Crippen molar-refractivity contribution in [2.24, 2.45) is 0 Å². The van der Waals surface area contributed by atoms with Crippen molar-refractivity contribution in [1.29, 1.82) is 0 Å². The van der Waals surface area contributed by atoms with E-state index in [1.54, 1.807) is 19.2 Å². The SMILES string of the molecule is CN(Cc1cccs1)S(=O)(=O)c1c(Br)cc(N)cc1Br. The Hall–Kier alpha value is -0.410. The predicted molar refractivity (Wildman–Crippen MR) is 89.2 cm³/mol. The van der Waals surface area contributed by atoms with Gasteiger partial charge in [-0.3, -0.25) is 0 Å². The van der Waals surface area contributed by atoms with E-state index >= 15 is 0 Å². The van der Waals surface area contributed by atoms with Crippen LogP contribution in [0.25, 0.3) is 0 Å². The topological polar surface area (TPSA) is 63.4 Å². The molecule has 0 aliphatic rings. The minimum atomic E-state index is -3.60. The molecule has 0 radical (unpaired) electrons. The standard InChI is InChI=1S/C12H12Br2N2O2S2/c1-16(7-9-3-2-4-19-9)20(17,18)12-10(13)5-8(15)6-11(12)14/h2-6H,7,15H2,1H3. The zero-order chi connectivity index (χ0) is 14.9. The van der Waals surface area contributed by atoms with Gasteiger partial charge < -0.3 is 5.73 Å². The molecule has 1 heterocycles. The van der Waals surface area contributed by atoms with Crippen LogP contribution in [0.1, 0.15) is 4.88 Å². The van der Waals surface area contributed by atoms with Crippen LogP contribution in [0, 0.1) is 0 Å². The van der Waals surface area contributed by atoms with Crippen LogP contribution >= 0.6 is 43.2 Å². The van der Waals surface area contributed by atoms with E-state index in [1.165, 1.54) is 15.6 Å². The van der Waals surface area contributed by atoms with Crippen LogP contribution in [0.15, 0.2) is 43.5 Å². The lowest BCUT2D eigenvalue weighted by Gasteiger charge is -2.18. The van der Waals surface area contributed by atoms with Gasteiger partial charge in [0.05, 0.1) is 0 Å². The summed E-state index contributed by atoms with van der Waals surface area (Å²) in [5, 5.41) is 1.92. The normalized spacial score (nSPS) is 12.0. The molecule has 2 N–H and O–H groups in total. The maximum Gasteiger partial charge on any atom is 0.245 e. The molecule has 20 heavy (non-hydrogen) atoms. The minimum absolute atomic E-state index is 0.186. The Morgan fingerprint density at radius 2 is 1.90 bits per heavy atom. The summed E-state index contributed by atoms with van der Waals surface area (Å²) in [5.74, 6) is 0. The van der Waals surface area contributed by atoms with Crippen LogP contribution in [0.3, 0.4) is 0 Å². The van der Waals surface area contributed by atoms with Crippen molar-refractivity contribution in [2.45, 2.75) is 11.4 Å². The average Bonchev–Trinajstić information content (AvgIpc) is 2.79. The number of hydrogen-bond acceptors (Lipinski definition) is 4. The molecule has 0 unspecified atom stereocenters. The van der Waals surface area contributed by atoms with Gasteiger partial charge in [-0.15, -0.1) is 11.3 Å². The molecule has 1 aromatic carbocycles. The number of benzene rings is 1. The third kappa shape index (κ3) is 3.25. The summed E-state index contributed by atoms with van der Waals surface area (Å²) in [7, 11) is -2.04. The maximum absolute atomic E-state index is 12.6. The molecular formula is C12H12Br2N2O2S2. The summed E-state index contributed by atoms with van der Waals surface area (Å²) < 4.78 is 27.5. The van der Waals surface area contributed by atoms with Gasteiger partial charge in [0.25, 0.3) is 0 Å². The smallest absolute Gasteiger partial charge is 0.245 e. The maximum atomic E-state index is 12.6. The molecular weight excluding hydrogens is 428 g/mol. The van der Waals surface area contributed by atoms with Crippen LogP contribution < -0.4 is 5.73 Å². The van der Waals surface area contributed by atoms with E-state index in [0.717, 1.165) is 4.88 Å². The highest BCUT2D eigenvalue weighted by atomic mass is 79.9. The molecule has 4 nitrogen and oxygen atoms in total. The van der Waals surface area contributed by atoms with E-state index in [4.69, 9.17) is 5.73 Å². The minimum Gasteiger partial charge on any atom is -0.399 e. The van der Waals surface area contributed by atoms with E-state index in [0.29, 0.717) is 21.2 Å². The van der Waals surface area contributed by atoms with Gasteiger partial charge in [0.1, 0.15) is 4.90 Å². The quantitative estimate of drug-likeness (QED) is 0.739. The molecule has 1 aromatic heterocycles. The van der Waals surface area contributed by atoms with Gasteiger partial charge in [-0.05, 0) is 55.4 Å². The molecule has 0 aliphatic carbocycles. The van der Waals surface area contributed by atoms with Crippen molar-refractivity contribution in [3.05, 3.63) is 43.5 Å². The van der Waals surface area contributed by atoms with Gasteiger partial charge >= 0.3 is 0 Å². The fraction of sp³-hybridized carbons (Fsp3) is 0.167. The second-order valence-electron chi connectivity index (χ2n) is 4.15. The lowest BCUT2D eigenvalue weighted by Crippen LogP contribution is -2.26. The molecule has 2 aromatic rings. The number of nitrogens with zero attached hydrogens (tertiary/aromatic N) is 1. The summed E-state index contributed by atoms with van der Waals surface area (Å²) in [5.41, 5.74) is 6.18. The Morgan fingerprint density at radius 1 is 1.30 bits per heavy atom. The Labute approximate surface area is 138 Å². The van der Waals surface area contributed by atoms with Gasteiger partial charge in [0.2, 0.25) is 10.0 Å². The van der Waals surface area contributed by atoms with E-state index < -0.39 is 10.0 Å². The second kappa shape index (κ2) is 6.15. The van der Waals surface area contributed by atoms with Gasteiger partial charge in [-0.2, -0.15) is 4.31 Å². The first-order valence-corrected chi connectivity index (χ1v) is 9.46. The molecule has 108 valence electrons. The van der Waals surface area contributed by atoms with Crippen molar-refractivity contribution >= 4 is 58.9 Å². The molecule has 0 fully saturated rings. The van der Waals surface area contributed by atoms with Crippen LogP contribution in [-0.4, -0.2) is 19.8 Å². The van der Waals surface area contributed by atoms with Gasteiger partial charge in [-0.1, -0.05) is 6.07 Å². The summed E-state index contributed by atoms with van der Waals surface area (Å²) in [4.78, 5) is 1.17. The summed E-state index contributed by atoms with van der Waals surface area (Å²) in [6, 6.07) is 6.96. The van der Waals surface area contributed by atoms with E-state index in [2.05, 4.69) is 31.9 Å². The number of rotatable bonds is 4. The molecule has 0 spiro atoms. The number of nitrogen functional groups attached to an aromatic ring is 1. The van der Waals surface area contributed by atoms with Gasteiger partial charge in [-0.25, -0.2) is 8.42 Å². The first-order valence-electron chi connectivity index (χ1n) is 5.55. The average molecular weight is 440 g/mol. The number of halogens is 2. The van der Waals surface area contributed by atoms with Crippen molar-refractivity contribution in [2.75, 3.05) is 12.8 Å². The lowest BCUT2D eigenvalue weighted by atomic mass is 10.3. The van der Waals surface area contributed by atoms with Crippen LogP contribution in [0.2, 0.25) is 0 Å². The summed E-state index contributed by atoms with van der Waals surface area (Å²) in [6.07, 6.45) is 0. The molecule has 0 saturated heterocycles. The van der Waals surface area contributed by atoms with E-state index in [9.17, 15) is 8.42 Å². The largest absolute Gasteiger partial charge is 0.399 e. The van der Waals surface area contributed by atoms with Crippen molar-refractivity contribution < 1.29 is 8.42 Å². The zero-order valence-electron chi connectivity index (χ0n) is 10.5. The second-order valence-corrected chi connectivity index (χ2v) is 8.88. The molecule has 8 heteroatoms. The molecule has 0 atom stereocenters. The van der Waals surface area contributed by atoms with Crippen LogP contribution in [0.5, 0.6) is 0 Å². The first-order chi connectivity index (χ1) is 9.32. The number of sulfonamides is 1. The fourth-order valence-corrected chi connectivity index (χ4v) is 6.21. The van der Waals surface area contributed by atoms with Crippen LogP contribution in [-0.2, 0) is 16.6 Å². The van der Waals surface area contributed by atoms with Crippen molar-refractivity contribution in [3.63, 3.8) is 0 Å². The molecule has 0 amide bonds. The third-order valence-electron chi connectivity index (χ3n) is 2.65. The van der Waals surface area contributed by atoms with E-state index in [-0.39, 0.29) is 4.90 Å². The third-order valence-corrected chi connectivity index (χ3v) is 7.19. The Bertz CT molecular complexity index is 692. The first kappa shape index (κ1) is 16.0. The van der Waals surface area contributed by atoms with E-state index in [1.807, 2.05) is 17.5 Å². The summed E-state index contributed by atoms with van der Waals surface area (Å²) in [6.45, 7) is 0.337. The zero-order valence-corrected chi connectivity index (χ0v) is 15.3. The number of thiophene rings is 1. The number of nitrogens with two attached hydrogens (primary N) is 1. The molecule has 0 bridgehead atoms. The van der Waals surface area contributed by atoms with Crippen molar-refractivity contribution in [1.82, 2.24) is 4.31 Å². The van der Waals surface area contributed by atoms with Gasteiger partial charge in [0, 0.05) is 33.1 Å². The highest BCUT2D eigenvalue weighted by molar-refractivity contribution is 9.11. The number of anilines is 1. The van der Waals surface area contributed by atoms with Gasteiger partial charge in [0.15, 0.2) is 0 Å². The highest BCUT2D eigenvalue weighted by Gasteiger charge is 2.26. The highest BCUT2D eigenvalue weighted by Crippen LogP contribution is 2.34.